The van der Waals surface area contributed by atoms with E-state index in [0.717, 1.165) is 0 Å². The molecule has 1 aromatic carbocycles. The Morgan fingerprint density at radius 2 is 1.85 bits per heavy atom. The topological polar surface area (TPSA) is 95.8 Å². The molecule has 0 saturated carbocycles. The molecule has 0 spiro atoms. The number of hydrogen-bond acceptors (Lipinski definition) is 5. The maximum atomic E-state index is 13.6. The number of urea groups is 1. The highest BCUT2D eigenvalue weighted by Crippen LogP contribution is 2.24. The number of rotatable bonds is 3. The van der Waals surface area contributed by atoms with Crippen molar-refractivity contribution in [3.8, 4) is 0 Å². The summed E-state index contributed by atoms with van der Waals surface area (Å²) in [5, 5.41) is 6.33. The molecule has 0 bridgehead atoms. The van der Waals surface area contributed by atoms with Crippen molar-refractivity contribution in [1.82, 2.24) is 14.4 Å². The van der Waals surface area contributed by atoms with Gasteiger partial charge in [0, 0.05) is 31.9 Å². The zero-order valence-electron chi connectivity index (χ0n) is 15.3. The van der Waals surface area contributed by atoms with Crippen LogP contribution in [0.25, 0.3) is 0 Å². The van der Waals surface area contributed by atoms with Gasteiger partial charge in [-0.05, 0) is 38.5 Å². The summed E-state index contributed by atoms with van der Waals surface area (Å²) in [6, 6.07) is 4.06. The Labute approximate surface area is 157 Å². The van der Waals surface area contributed by atoms with Crippen LogP contribution in [-0.2, 0) is 10.0 Å². The summed E-state index contributed by atoms with van der Waals surface area (Å²) >= 11 is 0. The van der Waals surface area contributed by atoms with Crippen LogP contribution in [0.3, 0.4) is 0 Å². The summed E-state index contributed by atoms with van der Waals surface area (Å²) in [6.45, 7) is 5.53. The summed E-state index contributed by atoms with van der Waals surface area (Å²) in [5.74, 6) is -0.155. The Kier molecular flexibility index (Phi) is 5.20. The zero-order chi connectivity index (χ0) is 19.8. The molecular formula is C17H21FN4O4S. The van der Waals surface area contributed by atoms with Crippen LogP contribution in [-0.4, -0.2) is 55.0 Å². The molecule has 2 amide bonds. The Bertz CT molecular complexity index is 946. The summed E-state index contributed by atoms with van der Waals surface area (Å²) in [5.41, 5.74) is 1.16. The van der Waals surface area contributed by atoms with E-state index < -0.39 is 21.9 Å². The van der Waals surface area contributed by atoms with E-state index >= 15 is 0 Å². The molecule has 146 valence electrons. The minimum Gasteiger partial charge on any atom is -0.360 e. The summed E-state index contributed by atoms with van der Waals surface area (Å²) in [4.78, 5) is 13.9. The second-order valence-corrected chi connectivity index (χ2v) is 8.31. The number of halogens is 1. The lowest BCUT2D eigenvalue weighted by molar-refractivity contribution is 0.184. The smallest absolute Gasteiger partial charge is 0.321 e. The zero-order valence-corrected chi connectivity index (χ0v) is 16.1. The standard InChI is InChI=1S/C17H21FN4O4S/c1-11-4-5-14(10-15(11)18)19-17(23)21-6-8-22(9-7-21)27(24,25)16-12(2)20-26-13(16)3/h4-5,10H,6-9H2,1-3H3,(H,19,23). The molecule has 0 unspecified atom stereocenters. The predicted molar refractivity (Wildman–Crippen MR) is 96.5 cm³/mol. The number of benzene rings is 1. The molecule has 8 nitrogen and oxygen atoms in total. The van der Waals surface area contributed by atoms with Crippen LogP contribution in [0.2, 0.25) is 0 Å². The number of carbonyl (C=O) groups excluding carboxylic acids is 1. The molecule has 1 saturated heterocycles. The van der Waals surface area contributed by atoms with E-state index in [1.807, 2.05) is 0 Å². The van der Waals surface area contributed by atoms with Crippen LogP contribution < -0.4 is 5.32 Å². The molecule has 0 aliphatic carbocycles. The fraction of sp³-hybridized carbons (Fsp3) is 0.412. The highest BCUT2D eigenvalue weighted by molar-refractivity contribution is 7.89. The number of amides is 2. The quantitative estimate of drug-likeness (QED) is 0.859. The van der Waals surface area contributed by atoms with Gasteiger partial charge in [-0.3, -0.25) is 0 Å². The van der Waals surface area contributed by atoms with E-state index in [1.165, 1.54) is 15.3 Å². The molecule has 1 N–H and O–H groups in total. The summed E-state index contributed by atoms with van der Waals surface area (Å²) in [7, 11) is -3.73. The fourth-order valence-corrected chi connectivity index (χ4v) is 4.69. The normalized spacial score (nSPS) is 15.8. The van der Waals surface area contributed by atoms with E-state index in [0.29, 0.717) is 16.9 Å². The van der Waals surface area contributed by atoms with E-state index in [4.69, 9.17) is 4.52 Å². The van der Waals surface area contributed by atoms with E-state index in [1.54, 1.807) is 32.9 Å². The number of hydrogen-bond donors (Lipinski definition) is 1. The van der Waals surface area contributed by atoms with Crippen molar-refractivity contribution in [2.24, 2.45) is 0 Å². The van der Waals surface area contributed by atoms with Crippen molar-refractivity contribution in [3.63, 3.8) is 0 Å². The molecule has 1 aliphatic heterocycles. The number of anilines is 1. The van der Waals surface area contributed by atoms with Gasteiger partial charge in [0.15, 0.2) is 5.76 Å². The number of piperazine rings is 1. The van der Waals surface area contributed by atoms with E-state index in [9.17, 15) is 17.6 Å². The molecule has 1 fully saturated rings. The first-order chi connectivity index (χ1) is 12.7. The van der Waals surface area contributed by atoms with Gasteiger partial charge in [-0.2, -0.15) is 4.31 Å². The highest BCUT2D eigenvalue weighted by atomic mass is 32.2. The van der Waals surface area contributed by atoms with Gasteiger partial charge in [0.1, 0.15) is 16.4 Å². The Morgan fingerprint density at radius 1 is 1.19 bits per heavy atom. The predicted octanol–water partition coefficient (Wildman–Crippen LogP) is 2.28. The van der Waals surface area contributed by atoms with Crippen molar-refractivity contribution in [2.45, 2.75) is 25.7 Å². The molecule has 0 atom stereocenters. The lowest BCUT2D eigenvalue weighted by Crippen LogP contribution is -2.51. The molecular weight excluding hydrogens is 375 g/mol. The highest BCUT2D eigenvalue weighted by Gasteiger charge is 2.34. The van der Waals surface area contributed by atoms with Gasteiger partial charge < -0.3 is 14.7 Å². The Morgan fingerprint density at radius 3 is 2.41 bits per heavy atom. The van der Waals surface area contributed by atoms with Crippen LogP contribution in [0.1, 0.15) is 17.0 Å². The van der Waals surface area contributed by atoms with Crippen LogP contribution in [0.5, 0.6) is 0 Å². The number of carbonyl (C=O) groups is 1. The summed E-state index contributed by atoms with van der Waals surface area (Å²) in [6.07, 6.45) is 0. The van der Waals surface area contributed by atoms with Crippen LogP contribution >= 0.6 is 0 Å². The van der Waals surface area contributed by atoms with Crippen molar-refractivity contribution in [1.29, 1.82) is 0 Å². The first-order valence-corrected chi connectivity index (χ1v) is 9.89. The molecule has 2 heterocycles. The average Bonchev–Trinajstić information content (AvgIpc) is 2.97. The van der Waals surface area contributed by atoms with Crippen LogP contribution in [0, 0.1) is 26.6 Å². The van der Waals surface area contributed by atoms with Crippen molar-refractivity contribution >= 4 is 21.7 Å². The molecule has 2 aromatic rings. The monoisotopic (exact) mass is 396 g/mol. The van der Waals surface area contributed by atoms with E-state index in [-0.39, 0.29) is 36.8 Å². The number of nitrogens with zero attached hydrogens (tertiary/aromatic N) is 3. The van der Waals surface area contributed by atoms with Crippen molar-refractivity contribution < 1.29 is 22.1 Å². The second-order valence-electron chi connectivity index (χ2n) is 6.44. The second kappa shape index (κ2) is 7.28. The average molecular weight is 396 g/mol. The molecule has 10 heteroatoms. The number of sulfonamides is 1. The van der Waals surface area contributed by atoms with Gasteiger partial charge >= 0.3 is 6.03 Å². The third-order valence-electron chi connectivity index (χ3n) is 4.51. The SMILES string of the molecule is Cc1ccc(NC(=O)N2CCN(S(=O)(=O)c3c(C)noc3C)CC2)cc1F. The first-order valence-electron chi connectivity index (χ1n) is 8.45. The number of aromatic nitrogens is 1. The maximum Gasteiger partial charge on any atom is 0.321 e. The molecule has 3 rings (SSSR count). The van der Waals surface area contributed by atoms with Gasteiger partial charge in [-0.25, -0.2) is 17.6 Å². The maximum absolute atomic E-state index is 13.6. The summed E-state index contributed by atoms with van der Waals surface area (Å²) < 4.78 is 45.5. The van der Waals surface area contributed by atoms with E-state index in [2.05, 4.69) is 10.5 Å². The largest absolute Gasteiger partial charge is 0.360 e. The minimum absolute atomic E-state index is 0.0792. The van der Waals surface area contributed by atoms with Gasteiger partial charge in [-0.1, -0.05) is 11.2 Å². The molecule has 1 aromatic heterocycles. The van der Waals surface area contributed by atoms with Gasteiger partial charge in [0.25, 0.3) is 0 Å². The van der Waals surface area contributed by atoms with Gasteiger partial charge in [0.05, 0.1) is 0 Å². The van der Waals surface area contributed by atoms with Crippen LogP contribution in [0.15, 0.2) is 27.6 Å². The van der Waals surface area contributed by atoms with Crippen LogP contribution in [0.4, 0.5) is 14.9 Å². The lowest BCUT2D eigenvalue weighted by atomic mass is 10.2. The first kappa shape index (κ1) is 19.3. The van der Waals surface area contributed by atoms with Gasteiger partial charge in [-0.15, -0.1) is 0 Å². The molecule has 27 heavy (non-hydrogen) atoms. The molecule has 1 aliphatic rings. The minimum atomic E-state index is -3.73. The van der Waals surface area contributed by atoms with Crippen molar-refractivity contribution in [2.75, 3.05) is 31.5 Å². The Balaban J connectivity index is 1.64. The third-order valence-corrected chi connectivity index (χ3v) is 6.66. The Hall–Kier alpha value is -2.46. The molecule has 0 radical (unpaired) electrons. The lowest BCUT2D eigenvalue weighted by Gasteiger charge is -2.33. The van der Waals surface area contributed by atoms with Gasteiger partial charge in [0.2, 0.25) is 10.0 Å². The fourth-order valence-electron chi connectivity index (χ4n) is 2.98. The number of nitrogens with one attached hydrogen (secondary N) is 1. The number of aryl methyl sites for hydroxylation is 3. The van der Waals surface area contributed by atoms with Crippen molar-refractivity contribution in [3.05, 3.63) is 41.0 Å². The third kappa shape index (κ3) is 3.81.